The van der Waals surface area contributed by atoms with Gasteiger partial charge in [-0.2, -0.15) is 31.3 Å². The molecule has 1 aliphatic heterocycles. The van der Waals surface area contributed by atoms with Gasteiger partial charge in [0.1, 0.15) is 10.8 Å². The van der Waals surface area contributed by atoms with Gasteiger partial charge in [-0.1, -0.05) is 11.6 Å². The van der Waals surface area contributed by atoms with Gasteiger partial charge in [0.25, 0.3) is 0 Å². The fourth-order valence-corrected chi connectivity index (χ4v) is 4.66. The van der Waals surface area contributed by atoms with Crippen molar-refractivity contribution < 1.29 is 31.1 Å². The summed E-state index contributed by atoms with van der Waals surface area (Å²) < 4.78 is 85.8. The molecule has 0 aliphatic carbocycles. The number of alkyl halides is 6. The molecule has 1 fully saturated rings. The first kappa shape index (κ1) is 29.7. The molecule has 0 saturated carbocycles. The van der Waals surface area contributed by atoms with Crippen molar-refractivity contribution in [3.63, 3.8) is 0 Å². The smallest absolute Gasteiger partial charge is 0.416 e. The number of aryl methyl sites for hydroxylation is 1. The average Bonchev–Trinajstić information content (AvgIpc) is 2.86. The Labute approximate surface area is 232 Å². The lowest BCUT2D eigenvalue weighted by molar-refractivity contribution is -0.143. The molecule has 0 bridgehead atoms. The maximum Gasteiger partial charge on any atom is 0.416 e. The molecule has 1 saturated heterocycles. The topological polar surface area (TPSA) is 71.1 Å². The number of hydrogen-bond acceptors (Lipinski definition) is 6. The molecule has 216 valence electrons. The minimum Gasteiger partial charge on any atom is -0.489 e. The second-order valence-corrected chi connectivity index (χ2v) is 10.2. The Hall–Kier alpha value is -3.25. The fourth-order valence-electron chi connectivity index (χ4n) is 4.52. The van der Waals surface area contributed by atoms with Crippen LogP contribution in [0.2, 0.25) is 5.02 Å². The summed E-state index contributed by atoms with van der Waals surface area (Å²) in [5.41, 5.74) is -0.662. The lowest BCUT2D eigenvalue weighted by Crippen LogP contribution is -2.27. The second-order valence-electron chi connectivity index (χ2n) is 9.83. The molecule has 13 heteroatoms. The molecule has 4 rings (SSSR count). The number of rotatable bonds is 7. The summed E-state index contributed by atoms with van der Waals surface area (Å²) in [6.07, 6.45) is -6.95. The average molecular weight is 588 g/mol. The minimum atomic E-state index is -5.00. The highest BCUT2D eigenvalue weighted by Gasteiger charge is 2.37. The zero-order chi connectivity index (χ0) is 29.2. The molecule has 0 unspecified atom stereocenters. The van der Waals surface area contributed by atoms with Crippen LogP contribution in [0.15, 0.2) is 36.5 Å². The molecule has 1 aromatic heterocycles. The van der Waals surface area contributed by atoms with Crippen LogP contribution in [0, 0.1) is 6.92 Å². The van der Waals surface area contributed by atoms with Crippen LogP contribution in [0.1, 0.15) is 54.9 Å². The summed E-state index contributed by atoms with van der Waals surface area (Å²) in [7, 11) is 0. The summed E-state index contributed by atoms with van der Waals surface area (Å²) in [5, 5.41) is 8.78. The Morgan fingerprint density at radius 1 is 0.950 bits per heavy atom. The predicted molar refractivity (Wildman–Crippen MR) is 142 cm³/mol. The van der Waals surface area contributed by atoms with Crippen molar-refractivity contribution in [1.82, 2.24) is 15.3 Å². The molecule has 0 spiro atoms. The van der Waals surface area contributed by atoms with Crippen LogP contribution in [0.25, 0.3) is 0 Å². The van der Waals surface area contributed by atoms with Gasteiger partial charge in [-0.25, -0.2) is 4.98 Å². The number of piperidine rings is 1. The Morgan fingerprint density at radius 2 is 1.57 bits per heavy atom. The first-order valence-corrected chi connectivity index (χ1v) is 13.0. The first-order valence-electron chi connectivity index (χ1n) is 12.6. The van der Waals surface area contributed by atoms with Crippen molar-refractivity contribution in [2.24, 2.45) is 0 Å². The molecule has 0 radical (unpaired) electrons. The van der Waals surface area contributed by atoms with E-state index in [-0.39, 0.29) is 29.0 Å². The summed E-state index contributed by atoms with van der Waals surface area (Å²) in [4.78, 5) is 8.35. The highest BCUT2D eigenvalue weighted by molar-refractivity contribution is 6.32. The summed E-state index contributed by atoms with van der Waals surface area (Å²) >= 11 is 6.15. The van der Waals surface area contributed by atoms with Crippen LogP contribution >= 0.6 is 11.6 Å². The Morgan fingerprint density at radius 3 is 2.15 bits per heavy atom. The number of anilines is 4. The molecule has 1 aliphatic rings. The highest BCUT2D eigenvalue weighted by atomic mass is 35.5. The van der Waals surface area contributed by atoms with Gasteiger partial charge in [-0.15, -0.1) is 0 Å². The van der Waals surface area contributed by atoms with Crippen LogP contribution < -0.4 is 20.7 Å². The molecule has 2 heterocycles. The van der Waals surface area contributed by atoms with Crippen molar-refractivity contribution >= 4 is 34.7 Å². The predicted octanol–water partition coefficient (Wildman–Crippen LogP) is 8.22. The van der Waals surface area contributed by atoms with Crippen molar-refractivity contribution in [2.45, 2.75) is 58.0 Å². The number of nitrogens with one attached hydrogen (secondary N) is 3. The third kappa shape index (κ3) is 7.28. The summed E-state index contributed by atoms with van der Waals surface area (Å²) in [6, 6.07) is 5.05. The Balaban J connectivity index is 1.66. The molecule has 3 N–H and O–H groups in total. The lowest BCUT2D eigenvalue weighted by atomic mass is 9.87. The number of aromatic nitrogens is 2. The quantitative estimate of drug-likeness (QED) is 0.242. The van der Waals surface area contributed by atoms with Crippen LogP contribution in [-0.2, 0) is 12.4 Å². The molecule has 3 aromatic rings. The summed E-state index contributed by atoms with van der Waals surface area (Å²) in [5.74, 6) is 0.773. The van der Waals surface area contributed by atoms with E-state index in [1.165, 1.54) is 11.8 Å². The number of hydrogen-bond donors (Lipinski definition) is 3. The molecule has 0 atom stereocenters. The van der Waals surface area contributed by atoms with Crippen molar-refractivity contribution in [3.05, 3.63) is 63.8 Å². The third-order valence-corrected chi connectivity index (χ3v) is 6.63. The van der Waals surface area contributed by atoms with Crippen molar-refractivity contribution in [1.29, 1.82) is 0 Å². The number of halogens is 7. The minimum absolute atomic E-state index is 0.0116. The van der Waals surface area contributed by atoms with Gasteiger partial charge in [0.2, 0.25) is 5.95 Å². The number of benzene rings is 2. The van der Waals surface area contributed by atoms with Crippen LogP contribution in [0.4, 0.5) is 49.5 Å². The van der Waals surface area contributed by atoms with E-state index in [0.29, 0.717) is 29.5 Å². The zero-order valence-corrected chi connectivity index (χ0v) is 22.7. The number of ether oxygens (including phenoxy) is 1. The van der Waals surface area contributed by atoms with Gasteiger partial charge in [0, 0.05) is 5.69 Å². The van der Waals surface area contributed by atoms with Gasteiger partial charge in [0.05, 0.1) is 29.1 Å². The van der Waals surface area contributed by atoms with E-state index in [1.807, 2.05) is 32.9 Å². The maximum absolute atomic E-state index is 13.3. The van der Waals surface area contributed by atoms with Crippen molar-refractivity contribution in [2.75, 3.05) is 23.7 Å². The fraction of sp³-hybridized carbons (Fsp3) is 0.407. The first-order chi connectivity index (χ1) is 18.7. The van der Waals surface area contributed by atoms with E-state index < -0.39 is 29.2 Å². The lowest BCUT2D eigenvalue weighted by Gasteiger charge is -2.26. The van der Waals surface area contributed by atoms with Crippen molar-refractivity contribution in [3.8, 4) is 5.75 Å². The molecular weight excluding hydrogens is 560 g/mol. The van der Waals surface area contributed by atoms with E-state index in [0.717, 1.165) is 31.5 Å². The third-order valence-electron chi connectivity index (χ3n) is 6.35. The highest BCUT2D eigenvalue weighted by Crippen LogP contribution is 2.40. The van der Waals surface area contributed by atoms with Crippen LogP contribution in [0.3, 0.4) is 0 Å². The second kappa shape index (κ2) is 11.7. The van der Waals surface area contributed by atoms with Crippen LogP contribution in [-0.4, -0.2) is 29.2 Å². The Bertz CT molecular complexity index is 1320. The zero-order valence-electron chi connectivity index (χ0n) is 21.9. The molecule has 6 nitrogen and oxygen atoms in total. The van der Waals surface area contributed by atoms with Gasteiger partial charge in [-0.3, -0.25) is 0 Å². The van der Waals surface area contributed by atoms with Gasteiger partial charge < -0.3 is 20.7 Å². The maximum atomic E-state index is 13.3. The van der Waals surface area contributed by atoms with Gasteiger partial charge >= 0.3 is 12.4 Å². The largest absolute Gasteiger partial charge is 0.489 e. The van der Waals surface area contributed by atoms with E-state index in [9.17, 15) is 26.3 Å². The monoisotopic (exact) mass is 587 g/mol. The normalized spacial score (nSPS) is 14.9. The van der Waals surface area contributed by atoms with E-state index in [1.54, 1.807) is 0 Å². The van der Waals surface area contributed by atoms with E-state index in [2.05, 4.69) is 25.9 Å². The van der Waals surface area contributed by atoms with E-state index in [4.69, 9.17) is 16.3 Å². The number of nitrogens with zero attached hydrogens (tertiary/aromatic N) is 2. The van der Waals surface area contributed by atoms with Crippen LogP contribution in [0.5, 0.6) is 5.75 Å². The molecule has 2 aromatic carbocycles. The molecule has 40 heavy (non-hydrogen) atoms. The standard InChI is InChI=1S/C27H28ClF6N5O/c1-14(2)40-23-12-20(16-4-6-35-7-5-16)15(3)8-22(23)38-25-36-13-21(28)24(39-25)37-19-10-17(26(29,30)31)9-18(11-19)27(32,33)34/h8-14,16,35H,4-7H2,1-3H3,(H2,36,37,38,39). The van der Waals surface area contributed by atoms with Gasteiger partial charge in [0.15, 0.2) is 5.82 Å². The molecule has 0 amide bonds. The SMILES string of the molecule is Cc1cc(Nc2ncc(Cl)c(Nc3cc(C(F)(F)F)cc(C(F)(F)F)c3)n2)c(OC(C)C)cc1C1CCNCC1. The van der Waals surface area contributed by atoms with E-state index >= 15 is 0 Å². The Kier molecular flexibility index (Phi) is 8.69. The summed E-state index contributed by atoms with van der Waals surface area (Å²) in [6.45, 7) is 7.62. The molecular formula is C27H28ClF6N5O. The van der Waals surface area contributed by atoms with Gasteiger partial charge in [-0.05, 0) is 94.1 Å².